The molecule has 3 heteroatoms. The van der Waals surface area contributed by atoms with Crippen molar-refractivity contribution in [1.82, 2.24) is 0 Å². The number of aliphatic hydroxyl groups excluding tert-OH is 1. The van der Waals surface area contributed by atoms with E-state index in [9.17, 15) is 0 Å². The lowest BCUT2D eigenvalue weighted by Gasteiger charge is -2.50. The van der Waals surface area contributed by atoms with Crippen LogP contribution in [0.4, 0.5) is 0 Å². The van der Waals surface area contributed by atoms with Gasteiger partial charge in [-0.05, 0) is 86.7 Å². The van der Waals surface area contributed by atoms with Crippen LogP contribution in [0.25, 0.3) is 0 Å². The van der Waals surface area contributed by atoms with E-state index >= 15 is 0 Å². The van der Waals surface area contributed by atoms with Crippen molar-refractivity contribution in [3.63, 3.8) is 0 Å². The first-order valence-electron chi connectivity index (χ1n) is 11.9. The number of aliphatic hydroxyl groups is 1. The summed E-state index contributed by atoms with van der Waals surface area (Å²) in [6.45, 7) is 19.4. The predicted molar refractivity (Wildman–Crippen MR) is 124 cm³/mol. The van der Waals surface area contributed by atoms with E-state index in [2.05, 4.69) is 54.6 Å². The molecule has 0 radical (unpaired) electrons. The average Bonchev–Trinajstić information content (AvgIpc) is 2.92. The molecule has 2 rings (SSSR count). The maximum Gasteiger partial charge on any atom is 0.192 e. The molecule has 0 aromatic carbocycles. The Hall–Kier alpha value is -0.123. The van der Waals surface area contributed by atoms with Crippen LogP contribution in [0.1, 0.15) is 92.9 Å². The van der Waals surface area contributed by atoms with E-state index < -0.39 is 8.32 Å². The van der Waals surface area contributed by atoms with Gasteiger partial charge in [0.2, 0.25) is 0 Å². The van der Waals surface area contributed by atoms with Crippen LogP contribution in [0, 0.1) is 23.2 Å². The Labute approximate surface area is 176 Å². The molecule has 0 aromatic rings. The highest BCUT2D eigenvalue weighted by Crippen LogP contribution is 2.59. The van der Waals surface area contributed by atoms with Gasteiger partial charge in [0.1, 0.15) is 0 Å². The fraction of sp³-hybridized carbons (Fsp3) is 0.920. The van der Waals surface area contributed by atoms with Crippen molar-refractivity contribution < 1.29 is 9.53 Å². The summed E-state index contributed by atoms with van der Waals surface area (Å²) < 4.78 is 7.00. The predicted octanol–water partition coefficient (Wildman–Crippen LogP) is 7.34. The van der Waals surface area contributed by atoms with Crippen molar-refractivity contribution in [3.05, 3.63) is 11.6 Å². The van der Waals surface area contributed by atoms with E-state index in [1.165, 1.54) is 50.5 Å². The SMILES string of the molecule is C/C(=C/CO)CCC[C@@H](C)[C@H]1CC[C@H]2[C@@H](O[Si](C)(C)C(C)(C)C)CCC[C@]12C. The normalized spacial score (nSPS) is 33.0. The third-order valence-corrected chi connectivity index (χ3v) is 13.2. The topological polar surface area (TPSA) is 29.5 Å². The Morgan fingerprint density at radius 3 is 2.54 bits per heavy atom. The summed E-state index contributed by atoms with van der Waals surface area (Å²) in [5.74, 6) is 2.41. The van der Waals surface area contributed by atoms with Crippen molar-refractivity contribution in [2.75, 3.05) is 6.61 Å². The number of rotatable bonds is 8. The van der Waals surface area contributed by atoms with E-state index in [0.29, 0.717) is 16.6 Å². The van der Waals surface area contributed by atoms with Crippen molar-refractivity contribution in [2.24, 2.45) is 23.2 Å². The Kier molecular flexibility index (Phi) is 8.06. The standard InChI is InChI=1S/C25H48O2Si/c1-19(16-18-26)11-9-12-20(2)21-14-15-22-23(13-10-17-25(21,22)6)27-28(7,8)24(3,4)5/h16,20-23,26H,9-15,17-18H2,1-8H3/b19-16-/t20-,21-,22+,23+,25-/m1/s1. The first-order valence-corrected chi connectivity index (χ1v) is 14.8. The molecule has 2 nitrogen and oxygen atoms in total. The summed E-state index contributed by atoms with van der Waals surface area (Å²) in [6.07, 6.45) is 12.9. The summed E-state index contributed by atoms with van der Waals surface area (Å²) in [4.78, 5) is 0. The fourth-order valence-electron chi connectivity index (χ4n) is 5.95. The molecule has 0 unspecified atom stereocenters. The molecule has 0 amide bonds. The van der Waals surface area contributed by atoms with Gasteiger partial charge in [-0.25, -0.2) is 0 Å². The molecule has 0 aromatic heterocycles. The largest absolute Gasteiger partial charge is 0.414 e. The maximum absolute atomic E-state index is 9.05. The van der Waals surface area contributed by atoms with Crippen LogP contribution in [0.15, 0.2) is 11.6 Å². The van der Waals surface area contributed by atoms with Gasteiger partial charge in [-0.1, -0.05) is 59.1 Å². The van der Waals surface area contributed by atoms with Crippen LogP contribution < -0.4 is 0 Å². The average molecular weight is 409 g/mol. The molecule has 2 fully saturated rings. The van der Waals surface area contributed by atoms with Crippen LogP contribution in [0.2, 0.25) is 18.1 Å². The number of hydrogen-bond acceptors (Lipinski definition) is 2. The molecule has 0 bridgehead atoms. The van der Waals surface area contributed by atoms with Crippen molar-refractivity contribution in [1.29, 1.82) is 0 Å². The second-order valence-electron chi connectivity index (χ2n) is 11.7. The van der Waals surface area contributed by atoms with Crippen molar-refractivity contribution in [3.8, 4) is 0 Å². The third-order valence-electron chi connectivity index (χ3n) is 8.75. The quantitative estimate of drug-likeness (QED) is 0.336. The smallest absolute Gasteiger partial charge is 0.192 e. The minimum absolute atomic E-state index is 0.180. The minimum atomic E-state index is -1.70. The molecule has 0 spiro atoms. The fourth-order valence-corrected chi connectivity index (χ4v) is 7.35. The van der Waals surface area contributed by atoms with E-state index in [0.717, 1.165) is 24.2 Å². The molecule has 5 atom stereocenters. The van der Waals surface area contributed by atoms with E-state index in [-0.39, 0.29) is 6.61 Å². The van der Waals surface area contributed by atoms with Gasteiger partial charge in [-0.2, -0.15) is 0 Å². The van der Waals surface area contributed by atoms with E-state index in [1.54, 1.807) is 0 Å². The van der Waals surface area contributed by atoms with Crippen molar-refractivity contribution in [2.45, 2.75) is 117 Å². The van der Waals surface area contributed by atoms with Gasteiger partial charge in [0.25, 0.3) is 0 Å². The van der Waals surface area contributed by atoms with Crippen LogP contribution in [-0.2, 0) is 4.43 Å². The Balaban J connectivity index is 2.01. The second-order valence-corrected chi connectivity index (χ2v) is 16.5. The molecule has 2 aliphatic carbocycles. The van der Waals surface area contributed by atoms with Gasteiger partial charge in [0.15, 0.2) is 8.32 Å². The molecular weight excluding hydrogens is 360 g/mol. The van der Waals surface area contributed by atoms with Gasteiger partial charge >= 0.3 is 0 Å². The lowest BCUT2D eigenvalue weighted by molar-refractivity contribution is -0.0212. The first-order chi connectivity index (χ1) is 12.9. The molecule has 2 saturated carbocycles. The second kappa shape index (κ2) is 9.35. The third kappa shape index (κ3) is 5.32. The molecule has 2 aliphatic rings. The number of fused-ring (bicyclic) bond motifs is 1. The lowest BCUT2D eigenvalue weighted by atomic mass is 9.61. The molecule has 1 N–H and O–H groups in total. The summed E-state index contributed by atoms with van der Waals surface area (Å²) in [5.41, 5.74) is 1.81. The highest BCUT2D eigenvalue weighted by atomic mass is 28.4. The highest BCUT2D eigenvalue weighted by molar-refractivity contribution is 6.74. The molecule has 0 heterocycles. The number of hydrogen-bond donors (Lipinski definition) is 1. The molecule has 28 heavy (non-hydrogen) atoms. The van der Waals surface area contributed by atoms with E-state index in [1.807, 2.05) is 6.08 Å². The van der Waals surface area contributed by atoms with Gasteiger partial charge in [0.05, 0.1) is 6.61 Å². The lowest BCUT2D eigenvalue weighted by Crippen LogP contribution is -2.50. The number of allylic oxidation sites excluding steroid dienone is 1. The Morgan fingerprint density at radius 1 is 1.25 bits per heavy atom. The summed E-state index contributed by atoms with van der Waals surface area (Å²) in [7, 11) is -1.70. The monoisotopic (exact) mass is 408 g/mol. The minimum Gasteiger partial charge on any atom is -0.414 e. The Morgan fingerprint density at radius 2 is 1.93 bits per heavy atom. The van der Waals surface area contributed by atoms with Crippen LogP contribution >= 0.6 is 0 Å². The molecular formula is C25H48O2Si. The zero-order valence-corrected chi connectivity index (χ0v) is 21.1. The Bertz CT molecular complexity index is 533. The van der Waals surface area contributed by atoms with Gasteiger partial charge in [0, 0.05) is 6.10 Å². The van der Waals surface area contributed by atoms with E-state index in [4.69, 9.17) is 9.53 Å². The van der Waals surface area contributed by atoms with Gasteiger partial charge < -0.3 is 9.53 Å². The maximum atomic E-state index is 9.05. The molecule has 0 saturated heterocycles. The summed E-state index contributed by atoms with van der Waals surface area (Å²) >= 11 is 0. The van der Waals surface area contributed by atoms with Gasteiger partial charge in [-0.15, -0.1) is 0 Å². The van der Waals surface area contributed by atoms with Crippen molar-refractivity contribution >= 4 is 8.32 Å². The van der Waals surface area contributed by atoms with Crippen LogP contribution in [0.3, 0.4) is 0 Å². The van der Waals surface area contributed by atoms with Crippen LogP contribution in [-0.4, -0.2) is 26.1 Å². The molecule has 0 aliphatic heterocycles. The zero-order chi connectivity index (χ0) is 21.2. The first kappa shape index (κ1) is 24.1. The van der Waals surface area contributed by atoms with Gasteiger partial charge in [-0.3, -0.25) is 0 Å². The van der Waals surface area contributed by atoms with Crippen LogP contribution in [0.5, 0.6) is 0 Å². The zero-order valence-electron chi connectivity index (χ0n) is 20.1. The molecule has 164 valence electrons. The summed E-state index contributed by atoms with van der Waals surface area (Å²) in [5, 5.41) is 9.35. The highest BCUT2D eigenvalue weighted by Gasteiger charge is 2.54. The summed E-state index contributed by atoms with van der Waals surface area (Å²) in [6, 6.07) is 0.